The Labute approximate surface area is 192 Å². The summed E-state index contributed by atoms with van der Waals surface area (Å²) in [6, 6.07) is 6.47. The van der Waals surface area contributed by atoms with Crippen LogP contribution in [0.25, 0.3) is 27.9 Å². The molecule has 2 saturated carbocycles. The number of amides is 1. The van der Waals surface area contributed by atoms with Gasteiger partial charge in [0.1, 0.15) is 17.0 Å². The van der Waals surface area contributed by atoms with Crippen molar-refractivity contribution in [1.29, 1.82) is 0 Å². The van der Waals surface area contributed by atoms with Crippen molar-refractivity contribution >= 4 is 28.4 Å². The average molecular weight is 448 g/mol. The number of aromatic nitrogens is 5. The number of hydrogen-bond donors (Lipinski definition) is 2. The number of carbonyl (C=O) groups is 1. The second-order valence-electron chi connectivity index (χ2n) is 8.49. The van der Waals surface area contributed by atoms with Crippen LogP contribution in [-0.4, -0.2) is 57.4 Å². The summed E-state index contributed by atoms with van der Waals surface area (Å²) >= 11 is 0. The van der Waals surface area contributed by atoms with Gasteiger partial charge in [-0.1, -0.05) is 0 Å². The Morgan fingerprint density at radius 2 is 2.00 bits per heavy atom. The number of fused-ring (bicyclic) bond motifs is 2. The summed E-state index contributed by atoms with van der Waals surface area (Å²) in [6.45, 7) is 0. The van der Waals surface area contributed by atoms with E-state index >= 15 is 0 Å². The quantitative estimate of drug-likeness (QED) is 0.484. The molecule has 2 N–H and O–H groups in total. The first-order valence-corrected chi connectivity index (χ1v) is 11.4. The van der Waals surface area contributed by atoms with Gasteiger partial charge in [-0.05, 0) is 44.2 Å². The first-order chi connectivity index (χ1) is 16.1. The summed E-state index contributed by atoms with van der Waals surface area (Å²) in [5, 5.41) is 11.2. The third-order valence-corrected chi connectivity index (χ3v) is 6.39. The van der Waals surface area contributed by atoms with Crippen LogP contribution >= 0.6 is 0 Å². The third kappa shape index (κ3) is 3.93. The molecule has 0 aliphatic heterocycles. The second kappa shape index (κ2) is 8.82. The van der Waals surface area contributed by atoms with Crippen LogP contribution in [0.4, 0.5) is 5.82 Å². The van der Waals surface area contributed by atoms with Gasteiger partial charge in [0.15, 0.2) is 5.65 Å². The fourth-order valence-corrected chi connectivity index (χ4v) is 4.10. The molecule has 0 radical (unpaired) electrons. The van der Waals surface area contributed by atoms with E-state index in [0.717, 1.165) is 28.1 Å². The van der Waals surface area contributed by atoms with Crippen molar-refractivity contribution in [3.63, 3.8) is 0 Å². The maximum atomic E-state index is 12.2. The molecule has 2 aliphatic rings. The van der Waals surface area contributed by atoms with Crippen molar-refractivity contribution < 1.29 is 9.53 Å². The number of anilines is 1. The summed E-state index contributed by atoms with van der Waals surface area (Å²) in [4.78, 5) is 21.6. The molecule has 0 unspecified atom stereocenters. The van der Waals surface area contributed by atoms with E-state index in [1.54, 1.807) is 24.9 Å². The van der Waals surface area contributed by atoms with Gasteiger partial charge < -0.3 is 19.9 Å². The molecule has 0 bridgehead atoms. The molecule has 9 heteroatoms. The highest BCUT2D eigenvalue weighted by Gasteiger charge is 2.27. The molecule has 33 heavy (non-hydrogen) atoms. The van der Waals surface area contributed by atoms with Gasteiger partial charge in [0.2, 0.25) is 0 Å². The van der Waals surface area contributed by atoms with E-state index in [1.807, 2.05) is 25.4 Å². The predicted molar refractivity (Wildman–Crippen MR) is 128 cm³/mol. The molecule has 4 aromatic heterocycles. The highest BCUT2D eigenvalue weighted by atomic mass is 16.5. The molecule has 4 aromatic rings. The van der Waals surface area contributed by atoms with Gasteiger partial charge in [0.05, 0.1) is 18.0 Å². The highest BCUT2D eigenvalue weighted by molar-refractivity contribution is 6.00. The Kier molecular flexibility index (Phi) is 5.72. The van der Waals surface area contributed by atoms with Crippen LogP contribution in [0, 0.1) is 0 Å². The van der Waals surface area contributed by atoms with Crippen LogP contribution in [-0.2, 0) is 4.74 Å². The minimum Gasteiger partial charge on any atom is -0.381 e. The van der Waals surface area contributed by atoms with E-state index < -0.39 is 0 Å². The molecule has 2 fully saturated rings. The first kappa shape index (κ1) is 21.4. The van der Waals surface area contributed by atoms with Crippen LogP contribution in [0.5, 0.6) is 0 Å². The molecular weight excluding hydrogens is 418 g/mol. The highest BCUT2D eigenvalue weighted by Crippen LogP contribution is 2.40. The van der Waals surface area contributed by atoms with Crippen LogP contribution in [0.2, 0.25) is 0 Å². The van der Waals surface area contributed by atoms with E-state index in [1.165, 1.54) is 32.1 Å². The summed E-state index contributed by atoms with van der Waals surface area (Å²) in [5.74, 6) is 0.556. The lowest BCUT2D eigenvalue weighted by molar-refractivity contribution is 0.0412. The van der Waals surface area contributed by atoms with Crippen LogP contribution in [0.3, 0.4) is 0 Å². The third-order valence-electron chi connectivity index (χ3n) is 6.39. The number of hydrogen-bond acceptors (Lipinski definition) is 6. The van der Waals surface area contributed by atoms with Crippen LogP contribution in [0.15, 0.2) is 36.8 Å². The maximum Gasteiger partial charge on any atom is 0.256 e. The largest absolute Gasteiger partial charge is 0.381 e. The lowest BCUT2D eigenvalue weighted by Crippen LogP contribution is -2.18. The number of methoxy groups -OCH3 is 1. The summed E-state index contributed by atoms with van der Waals surface area (Å²) in [5.41, 5.74) is 3.73. The number of ether oxygens (including phenoxy) is 1. The molecule has 2 aliphatic carbocycles. The monoisotopic (exact) mass is 447 g/mol. The van der Waals surface area contributed by atoms with E-state index in [2.05, 4.69) is 37.5 Å². The average Bonchev–Trinajstić information content (AvgIpc) is 3.45. The standard InChI is InChI=1S/C19H19N7O.C5H10O/c1-20-16-8-15(24-18-13(19(27)21-2)9-23-26(16)18)14-10-25(11-5-6-11)17-12(14)4-3-7-22-17;1-6-5-3-2-4-5/h3-4,7-11,20H,5-6H2,1-2H3,(H,21,27);5H,2-4H2,1H3. The molecule has 0 atom stereocenters. The van der Waals surface area contributed by atoms with Crippen molar-refractivity contribution in [3.05, 3.63) is 42.4 Å². The SMILES string of the molecule is CNC(=O)c1cnn2c(NC)cc(-c3cn(C4CC4)c4ncccc34)nc12.COC1CCC1. The van der Waals surface area contributed by atoms with Crippen molar-refractivity contribution in [2.24, 2.45) is 0 Å². The fraction of sp³-hybridized carbons (Fsp3) is 0.417. The van der Waals surface area contributed by atoms with E-state index in [0.29, 0.717) is 23.4 Å². The summed E-state index contributed by atoms with van der Waals surface area (Å²) < 4.78 is 8.87. The van der Waals surface area contributed by atoms with Crippen LogP contribution in [0.1, 0.15) is 48.5 Å². The lowest BCUT2D eigenvalue weighted by Gasteiger charge is -2.22. The number of rotatable bonds is 5. The molecule has 6 rings (SSSR count). The van der Waals surface area contributed by atoms with Gasteiger partial charge in [-0.25, -0.2) is 9.97 Å². The van der Waals surface area contributed by atoms with Crippen molar-refractivity contribution in [3.8, 4) is 11.3 Å². The van der Waals surface area contributed by atoms with Crippen LogP contribution < -0.4 is 10.6 Å². The van der Waals surface area contributed by atoms with Gasteiger partial charge in [-0.15, -0.1) is 0 Å². The molecule has 0 aromatic carbocycles. The van der Waals surface area contributed by atoms with Gasteiger partial charge >= 0.3 is 0 Å². The fourth-order valence-electron chi connectivity index (χ4n) is 4.10. The van der Waals surface area contributed by atoms with Gasteiger partial charge in [0, 0.05) is 56.7 Å². The molecule has 1 amide bonds. The Bertz CT molecular complexity index is 1300. The normalized spacial score (nSPS) is 15.7. The van der Waals surface area contributed by atoms with Crippen molar-refractivity contribution in [2.45, 2.75) is 44.2 Å². The Hall–Kier alpha value is -3.46. The molecule has 9 nitrogen and oxygen atoms in total. The van der Waals surface area contributed by atoms with Gasteiger partial charge in [-0.2, -0.15) is 9.61 Å². The molecule has 0 saturated heterocycles. The molecular formula is C24H29N7O2. The minimum atomic E-state index is -0.209. The van der Waals surface area contributed by atoms with Gasteiger partial charge in [0.25, 0.3) is 5.91 Å². The maximum absolute atomic E-state index is 12.2. The zero-order chi connectivity index (χ0) is 22.9. The van der Waals surface area contributed by atoms with Crippen molar-refractivity contribution in [1.82, 2.24) is 29.5 Å². The van der Waals surface area contributed by atoms with E-state index in [4.69, 9.17) is 9.72 Å². The minimum absolute atomic E-state index is 0.209. The molecule has 0 spiro atoms. The molecule has 4 heterocycles. The Morgan fingerprint density at radius 1 is 1.18 bits per heavy atom. The Morgan fingerprint density at radius 3 is 2.61 bits per heavy atom. The topological polar surface area (TPSA) is 98.4 Å². The second-order valence-corrected chi connectivity index (χ2v) is 8.49. The van der Waals surface area contributed by atoms with E-state index in [-0.39, 0.29) is 5.91 Å². The lowest BCUT2D eigenvalue weighted by atomic mass is 9.96. The zero-order valence-corrected chi connectivity index (χ0v) is 19.2. The number of nitrogens with zero attached hydrogens (tertiary/aromatic N) is 5. The predicted octanol–water partition coefficient (Wildman–Crippen LogP) is 3.67. The Balaban J connectivity index is 0.000000332. The van der Waals surface area contributed by atoms with Gasteiger partial charge in [-0.3, -0.25) is 4.79 Å². The number of nitrogens with one attached hydrogen (secondary N) is 2. The molecule has 172 valence electrons. The number of carbonyl (C=O) groups excluding carboxylic acids is 1. The first-order valence-electron chi connectivity index (χ1n) is 11.4. The summed E-state index contributed by atoms with van der Waals surface area (Å²) in [6.07, 6.45) is 12.4. The van der Waals surface area contributed by atoms with Crippen molar-refractivity contribution in [2.75, 3.05) is 26.5 Å². The number of pyridine rings is 1. The van der Waals surface area contributed by atoms with E-state index in [9.17, 15) is 4.79 Å². The zero-order valence-electron chi connectivity index (χ0n) is 19.2. The smallest absolute Gasteiger partial charge is 0.256 e. The summed E-state index contributed by atoms with van der Waals surface area (Å²) in [7, 11) is 5.21.